The van der Waals surface area contributed by atoms with E-state index in [2.05, 4.69) is 41.3 Å². The zero-order valence-corrected chi connectivity index (χ0v) is 25.0. The Hall–Kier alpha value is -2.66. The number of amides is 1. The molecular formula is C29H48N4O5S. The van der Waals surface area contributed by atoms with E-state index < -0.39 is 22.0 Å². The van der Waals surface area contributed by atoms with Gasteiger partial charge in [-0.2, -0.15) is 0 Å². The number of nitrogens with one attached hydrogen (secondary N) is 2. The number of aryl methyl sites for hydroxylation is 1. The highest BCUT2D eigenvalue weighted by atomic mass is 32.2. The summed E-state index contributed by atoms with van der Waals surface area (Å²) < 4.78 is 15.0. The molecule has 1 aromatic carbocycles. The number of aliphatic hydroxyl groups is 1. The molecule has 220 valence electrons. The van der Waals surface area contributed by atoms with Crippen molar-refractivity contribution in [2.75, 3.05) is 26.7 Å². The highest BCUT2D eigenvalue weighted by Gasteiger charge is 2.21. The molecule has 3 rings (SSSR count). The summed E-state index contributed by atoms with van der Waals surface area (Å²) in [5, 5.41) is 20.9. The van der Waals surface area contributed by atoms with Crippen molar-refractivity contribution >= 4 is 16.9 Å². The van der Waals surface area contributed by atoms with Crippen LogP contribution in [0.2, 0.25) is 0 Å². The number of hydrazine groups is 1. The lowest BCUT2D eigenvalue weighted by Crippen LogP contribution is -2.47. The first-order valence-electron chi connectivity index (χ1n) is 13.8. The molecule has 1 heterocycles. The molecule has 0 radical (unpaired) electrons. The Morgan fingerprint density at radius 3 is 2.33 bits per heavy atom. The van der Waals surface area contributed by atoms with E-state index >= 15 is 0 Å². The highest BCUT2D eigenvalue weighted by Crippen LogP contribution is 2.11. The van der Waals surface area contributed by atoms with E-state index in [0.29, 0.717) is 11.3 Å². The van der Waals surface area contributed by atoms with Crippen molar-refractivity contribution in [3.05, 3.63) is 81.3 Å². The van der Waals surface area contributed by atoms with Gasteiger partial charge in [0.15, 0.2) is 7.05 Å². The first-order chi connectivity index (χ1) is 18.7. The number of aliphatic hydroxyl groups excluding tert-OH is 1. The molecule has 10 heteroatoms. The predicted octanol–water partition coefficient (Wildman–Crippen LogP) is 4.71. The molecule has 39 heavy (non-hydrogen) atoms. The molecular weight excluding hydrogens is 516 g/mol. The molecule has 1 amide bonds. The molecule has 2 aliphatic rings. The van der Waals surface area contributed by atoms with Crippen molar-refractivity contribution in [2.24, 2.45) is 5.92 Å². The number of piperidine rings is 1. The topological polar surface area (TPSA) is 125 Å². The molecule has 0 bridgehead atoms. The van der Waals surface area contributed by atoms with Crippen molar-refractivity contribution < 1.29 is 19.0 Å². The predicted molar refractivity (Wildman–Crippen MR) is 161 cm³/mol. The normalized spacial score (nSPS) is 16.7. The van der Waals surface area contributed by atoms with Crippen LogP contribution >= 0.6 is 0 Å². The van der Waals surface area contributed by atoms with Crippen molar-refractivity contribution in [3.8, 4) is 0 Å². The van der Waals surface area contributed by atoms with Gasteiger partial charge in [0.25, 0.3) is 0 Å². The number of hydrogen-bond donors (Lipinski definition) is 3. The third-order valence-corrected chi connectivity index (χ3v) is 6.69. The Balaban J connectivity index is 0.000000847. The number of allylic oxidation sites excluding steroid dienone is 5. The number of benzene rings is 1. The Morgan fingerprint density at radius 1 is 1.15 bits per heavy atom. The average molecular weight is 565 g/mol. The summed E-state index contributed by atoms with van der Waals surface area (Å²) in [6.07, 6.45) is 14.4. The van der Waals surface area contributed by atoms with Gasteiger partial charge in [0.05, 0.1) is 11.0 Å². The Morgan fingerprint density at radius 2 is 1.77 bits per heavy atom. The number of nitro groups is 1. The maximum absolute atomic E-state index is 12.2. The van der Waals surface area contributed by atoms with E-state index in [0.717, 1.165) is 45.8 Å². The standard InChI is InChI=1S/C18H29N3O3S.C8H10.C2H6.CH3NO2/c1-15(18(23)20-21-11-7-4-8-12-21)13-16(22)14-19-25(24)17-9-5-2-3-6-10-17;1-2-8-6-4-3-5-7-8;1-2;1-2(3)4/h2,5-6,9-10,15-16,19,22H,3-4,7-8,11-14H2,1H3,(H,20,23);3-7H,2H2,1H3;1-2H3;1H3. The van der Waals surface area contributed by atoms with Crippen LogP contribution in [-0.2, 0) is 22.2 Å². The van der Waals surface area contributed by atoms with Crippen LogP contribution in [0.3, 0.4) is 0 Å². The first-order valence-corrected chi connectivity index (χ1v) is 14.9. The smallest absolute Gasteiger partial charge is 0.237 e. The zero-order chi connectivity index (χ0) is 29.5. The molecule has 0 spiro atoms. The van der Waals surface area contributed by atoms with Crippen LogP contribution in [0.5, 0.6) is 0 Å². The van der Waals surface area contributed by atoms with Crippen LogP contribution < -0.4 is 10.1 Å². The highest BCUT2D eigenvalue weighted by molar-refractivity contribution is 7.87. The Bertz CT molecular complexity index is 912. The van der Waals surface area contributed by atoms with Crippen molar-refractivity contribution in [3.63, 3.8) is 0 Å². The zero-order valence-electron chi connectivity index (χ0n) is 24.2. The van der Waals surface area contributed by atoms with Gasteiger partial charge in [0.1, 0.15) is 11.0 Å². The van der Waals surface area contributed by atoms with Gasteiger partial charge in [-0.25, -0.2) is 13.9 Å². The number of carbonyl (C=O) groups is 1. The van der Waals surface area contributed by atoms with Gasteiger partial charge >= 0.3 is 0 Å². The summed E-state index contributed by atoms with van der Waals surface area (Å²) in [6.45, 7) is 9.93. The molecule has 1 saturated heterocycles. The number of nitrogens with zero attached hydrogens (tertiary/aromatic N) is 2. The largest absolute Gasteiger partial charge is 0.392 e. The molecule has 1 aromatic rings. The Kier molecular flexibility index (Phi) is 21.7. The van der Waals surface area contributed by atoms with Gasteiger partial charge in [-0.15, -0.1) is 0 Å². The fraction of sp³-hybridized carbons (Fsp3) is 0.552. The molecule has 1 aliphatic carbocycles. The third-order valence-electron chi connectivity index (χ3n) is 5.56. The van der Waals surface area contributed by atoms with E-state index in [1.165, 1.54) is 12.0 Å². The summed E-state index contributed by atoms with van der Waals surface area (Å²) in [5.41, 5.74) is 4.33. The maximum Gasteiger partial charge on any atom is 0.237 e. The third kappa shape index (κ3) is 19.1. The lowest BCUT2D eigenvalue weighted by Gasteiger charge is -2.28. The van der Waals surface area contributed by atoms with Gasteiger partial charge in [-0.1, -0.05) is 82.7 Å². The molecule has 0 aromatic heterocycles. The van der Waals surface area contributed by atoms with Crippen LogP contribution in [0.25, 0.3) is 0 Å². The number of carbonyl (C=O) groups excluding carboxylic acids is 1. The molecule has 1 aliphatic heterocycles. The second-order valence-electron chi connectivity index (χ2n) is 8.85. The van der Waals surface area contributed by atoms with E-state index in [9.17, 15) is 14.1 Å². The van der Waals surface area contributed by atoms with Gasteiger partial charge in [0, 0.05) is 30.5 Å². The van der Waals surface area contributed by atoms with Gasteiger partial charge in [-0.3, -0.25) is 20.3 Å². The Labute approximate surface area is 237 Å². The lowest BCUT2D eigenvalue weighted by atomic mass is 10.0. The van der Waals surface area contributed by atoms with Crippen LogP contribution in [0.1, 0.15) is 65.4 Å². The monoisotopic (exact) mass is 564 g/mol. The summed E-state index contributed by atoms with van der Waals surface area (Å²) >= 11 is 0. The minimum Gasteiger partial charge on any atom is -0.392 e. The van der Waals surface area contributed by atoms with Crippen LogP contribution in [0, 0.1) is 16.0 Å². The second-order valence-corrected chi connectivity index (χ2v) is 10.1. The maximum atomic E-state index is 12.2. The average Bonchev–Trinajstić information content (AvgIpc) is 3.24. The molecule has 3 atom stereocenters. The van der Waals surface area contributed by atoms with Gasteiger partial charge in [0.2, 0.25) is 5.91 Å². The van der Waals surface area contributed by atoms with Gasteiger partial charge < -0.3 is 5.11 Å². The summed E-state index contributed by atoms with van der Waals surface area (Å²) in [6, 6.07) is 10.5. The van der Waals surface area contributed by atoms with Crippen LogP contribution in [0.4, 0.5) is 0 Å². The van der Waals surface area contributed by atoms with E-state index in [1.54, 1.807) is 13.0 Å². The van der Waals surface area contributed by atoms with Crippen molar-refractivity contribution in [1.82, 2.24) is 15.2 Å². The van der Waals surface area contributed by atoms with E-state index in [-0.39, 0.29) is 18.4 Å². The van der Waals surface area contributed by atoms with Crippen LogP contribution in [0.15, 0.2) is 65.6 Å². The first kappa shape index (κ1) is 36.3. The fourth-order valence-electron chi connectivity index (χ4n) is 3.52. The van der Waals surface area contributed by atoms with Crippen molar-refractivity contribution in [2.45, 2.75) is 72.3 Å². The summed E-state index contributed by atoms with van der Waals surface area (Å²) in [4.78, 5) is 21.2. The van der Waals surface area contributed by atoms with E-state index in [4.69, 9.17) is 10.1 Å². The molecule has 3 N–H and O–H groups in total. The molecule has 3 unspecified atom stereocenters. The van der Waals surface area contributed by atoms with Crippen molar-refractivity contribution in [1.29, 1.82) is 0 Å². The second kappa shape index (κ2) is 23.2. The molecule has 1 fully saturated rings. The lowest BCUT2D eigenvalue weighted by molar-refractivity contribution is -0.445. The quantitative estimate of drug-likeness (QED) is 0.295. The minimum absolute atomic E-state index is 0.0679. The van der Waals surface area contributed by atoms with Crippen LogP contribution in [-0.4, -0.2) is 57.9 Å². The van der Waals surface area contributed by atoms with Gasteiger partial charge in [-0.05, 0) is 49.8 Å². The summed E-state index contributed by atoms with van der Waals surface area (Å²) in [5.74, 6) is -0.367. The summed E-state index contributed by atoms with van der Waals surface area (Å²) in [7, 11) is -0.476. The number of hydrogen-bond acceptors (Lipinski definition) is 6. The minimum atomic E-state index is -1.37. The molecule has 0 saturated carbocycles. The molecule has 9 nitrogen and oxygen atoms in total. The SMILES string of the molecule is CC.CC(CC(O)CNS(=O)C1=CC=CCC=C1)C(=O)NN1CCCCC1.CCc1ccccc1.C[N+](=O)[O-]. The van der Waals surface area contributed by atoms with E-state index in [1.807, 2.05) is 49.2 Å². The fourth-order valence-corrected chi connectivity index (χ4v) is 4.45. The number of rotatable bonds is 9.